The molecule has 11 heavy (non-hydrogen) atoms. The average Bonchev–Trinajstić information content (AvgIpc) is 2.68. The Kier molecular flexibility index (Phi) is 1.43. The Bertz CT molecular complexity index is 270. The molecule has 0 bridgehead atoms. The third-order valence-corrected chi connectivity index (χ3v) is 2.24. The van der Waals surface area contributed by atoms with Crippen molar-refractivity contribution in [3.05, 3.63) is 29.6 Å². The zero-order chi connectivity index (χ0) is 7.84. The Morgan fingerprint density at radius 1 is 1.64 bits per heavy atom. The Labute approximate surface area is 66.4 Å². The van der Waals surface area contributed by atoms with Crippen molar-refractivity contribution in [1.29, 1.82) is 0 Å². The summed E-state index contributed by atoms with van der Waals surface area (Å²) in [6.45, 7) is 2.09. The molecule has 1 aromatic heterocycles. The van der Waals surface area contributed by atoms with Gasteiger partial charge >= 0.3 is 0 Å². The van der Waals surface area contributed by atoms with E-state index in [1.54, 1.807) is 0 Å². The zero-order valence-electron chi connectivity index (χ0n) is 6.62. The summed E-state index contributed by atoms with van der Waals surface area (Å²) in [5.41, 5.74) is 8.19. The van der Waals surface area contributed by atoms with Crippen LogP contribution in [0.5, 0.6) is 0 Å². The number of hydrogen-bond acceptors (Lipinski definition) is 2. The molecule has 1 aliphatic rings. The van der Waals surface area contributed by atoms with E-state index in [0.29, 0.717) is 12.0 Å². The largest absolute Gasteiger partial charge is 0.327 e. The highest BCUT2D eigenvalue weighted by molar-refractivity contribution is 5.28. The first kappa shape index (κ1) is 6.80. The van der Waals surface area contributed by atoms with Gasteiger partial charge in [-0.1, -0.05) is 6.07 Å². The standard InChI is InChI=1S/C9H12N2/c1-6-3-2-4-11-9(6)7-5-8(7)10/h2-4,7-8H,5,10H2,1H3. The smallest absolute Gasteiger partial charge is 0.0479 e. The number of hydrogen-bond donors (Lipinski definition) is 1. The van der Waals surface area contributed by atoms with Crippen LogP contribution in [0.1, 0.15) is 23.6 Å². The van der Waals surface area contributed by atoms with Crippen LogP contribution in [0, 0.1) is 6.92 Å². The fraction of sp³-hybridized carbons (Fsp3) is 0.444. The summed E-state index contributed by atoms with van der Waals surface area (Å²) in [6, 6.07) is 4.42. The van der Waals surface area contributed by atoms with E-state index < -0.39 is 0 Å². The molecule has 2 rings (SSSR count). The minimum absolute atomic E-state index is 0.364. The van der Waals surface area contributed by atoms with Gasteiger partial charge < -0.3 is 5.73 Å². The van der Waals surface area contributed by atoms with Crippen LogP contribution in [0.2, 0.25) is 0 Å². The Hall–Kier alpha value is -0.890. The minimum atomic E-state index is 0.364. The molecule has 0 amide bonds. The van der Waals surface area contributed by atoms with Crippen molar-refractivity contribution < 1.29 is 0 Å². The highest BCUT2D eigenvalue weighted by Crippen LogP contribution is 2.38. The lowest BCUT2D eigenvalue weighted by Crippen LogP contribution is -2.03. The third-order valence-electron chi connectivity index (χ3n) is 2.24. The molecule has 2 N–H and O–H groups in total. The number of aryl methyl sites for hydroxylation is 1. The lowest BCUT2D eigenvalue weighted by molar-refractivity contribution is 0.930. The molecule has 58 valence electrons. The second-order valence-electron chi connectivity index (χ2n) is 3.21. The summed E-state index contributed by atoms with van der Waals surface area (Å²) in [5, 5.41) is 0. The van der Waals surface area contributed by atoms with Crippen LogP contribution in [0.4, 0.5) is 0 Å². The first-order valence-corrected chi connectivity index (χ1v) is 3.96. The van der Waals surface area contributed by atoms with E-state index in [0.717, 1.165) is 6.42 Å². The molecular weight excluding hydrogens is 136 g/mol. The van der Waals surface area contributed by atoms with Crippen LogP contribution in [0.25, 0.3) is 0 Å². The first-order valence-electron chi connectivity index (χ1n) is 3.96. The van der Waals surface area contributed by atoms with Crippen LogP contribution in [0.15, 0.2) is 18.3 Å². The summed E-state index contributed by atoms with van der Waals surface area (Å²) < 4.78 is 0. The van der Waals surface area contributed by atoms with E-state index in [2.05, 4.69) is 18.0 Å². The summed E-state index contributed by atoms with van der Waals surface area (Å²) in [6.07, 6.45) is 2.95. The van der Waals surface area contributed by atoms with Crippen molar-refractivity contribution in [2.75, 3.05) is 0 Å². The zero-order valence-corrected chi connectivity index (χ0v) is 6.62. The van der Waals surface area contributed by atoms with Crippen LogP contribution in [-0.2, 0) is 0 Å². The van der Waals surface area contributed by atoms with E-state index in [1.807, 2.05) is 12.3 Å². The van der Waals surface area contributed by atoms with E-state index in [-0.39, 0.29) is 0 Å². The normalized spacial score (nSPS) is 28.5. The minimum Gasteiger partial charge on any atom is -0.327 e. The van der Waals surface area contributed by atoms with E-state index >= 15 is 0 Å². The molecule has 2 atom stereocenters. The van der Waals surface area contributed by atoms with Gasteiger partial charge in [-0.25, -0.2) is 0 Å². The third kappa shape index (κ3) is 1.14. The fourth-order valence-electron chi connectivity index (χ4n) is 1.42. The number of pyridine rings is 1. The molecule has 2 heteroatoms. The van der Waals surface area contributed by atoms with Crippen molar-refractivity contribution in [2.24, 2.45) is 5.73 Å². The second-order valence-corrected chi connectivity index (χ2v) is 3.21. The van der Waals surface area contributed by atoms with Gasteiger partial charge in [0.05, 0.1) is 0 Å². The van der Waals surface area contributed by atoms with Crippen molar-refractivity contribution in [3.63, 3.8) is 0 Å². The van der Waals surface area contributed by atoms with Crippen LogP contribution in [-0.4, -0.2) is 11.0 Å². The van der Waals surface area contributed by atoms with Gasteiger partial charge in [0, 0.05) is 23.9 Å². The molecular formula is C9H12N2. The summed E-state index contributed by atoms with van der Waals surface area (Å²) in [7, 11) is 0. The maximum Gasteiger partial charge on any atom is 0.0479 e. The maximum atomic E-state index is 5.73. The SMILES string of the molecule is Cc1cccnc1C1CC1N. The van der Waals surface area contributed by atoms with Gasteiger partial charge in [0.2, 0.25) is 0 Å². The predicted molar refractivity (Wildman–Crippen MR) is 44.3 cm³/mol. The average molecular weight is 148 g/mol. The van der Waals surface area contributed by atoms with Gasteiger partial charge in [-0.2, -0.15) is 0 Å². The molecule has 2 unspecified atom stereocenters. The van der Waals surface area contributed by atoms with E-state index in [4.69, 9.17) is 5.73 Å². The van der Waals surface area contributed by atoms with E-state index in [9.17, 15) is 0 Å². The Morgan fingerprint density at radius 2 is 2.36 bits per heavy atom. The van der Waals surface area contributed by atoms with Gasteiger partial charge in [0.1, 0.15) is 0 Å². The lowest BCUT2D eigenvalue weighted by Gasteiger charge is -2.00. The van der Waals surface area contributed by atoms with Gasteiger partial charge in [-0.3, -0.25) is 4.98 Å². The van der Waals surface area contributed by atoms with Crippen molar-refractivity contribution in [2.45, 2.75) is 25.3 Å². The molecule has 1 aromatic rings. The highest BCUT2D eigenvalue weighted by atomic mass is 14.8. The molecule has 1 aliphatic carbocycles. The first-order chi connectivity index (χ1) is 5.29. The summed E-state index contributed by atoms with van der Waals surface area (Å²) in [4.78, 5) is 4.31. The number of nitrogens with zero attached hydrogens (tertiary/aromatic N) is 1. The van der Waals surface area contributed by atoms with Crippen molar-refractivity contribution in [1.82, 2.24) is 4.98 Å². The van der Waals surface area contributed by atoms with Crippen LogP contribution >= 0.6 is 0 Å². The molecule has 0 aromatic carbocycles. The lowest BCUT2D eigenvalue weighted by atomic mass is 10.1. The van der Waals surface area contributed by atoms with Crippen molar-refractivity contribution >= 4 is 0 Å². The van der Waals surface area contributed by atoms with Crippen molar-refractivity contribution in [3.8, 4) is 0 Å². The Morgan fingerprint density at radius 3 is 2.91 bits per heavy atom. The van der Waals surface area contributed by atoms with Gasteiger partial charge in [0.15, 0.2) is 0 Å². The molecule has 1 heterocycles. The van der Waals surface area contributed by atoms with Gasteiger partial charge in [0.25, 0.3) is 0 Å². The van der Waals surface area contributed by atoms with Gasteiger partial charge in [-0.15, -0.1) is 0 Å². The highest BCUT2D eigenvalue weighted by Gasteiger charge is 2.36. The van der Waals surface area contributed by atoms with E-state index in [1.165, 1.54) is 11.3 Å². The second kappa shape index (κ2) is 2.31. The summed E-state index contributed by atoms with van der Waals surface area (Å²) in [5.74, 6) is 0.538. The molecule has 2 nitrogen and oxygen atoms in total. The van der Waals surface area contributed by atoms with Gasteiger partial charge in [-0.05, 0) is 25.0 Å². The molecule has 0 saturated heterocycles. The molecule has 1 fully saturated rings. The number of aromatic nitrogens is 1. The topological polar surface area (TPSA) is 38.9 Å². The van der Waals surface area contributed by atoms with Crippen LogP contribution < -0.4 is 5.73 Å². The summed E-state index contributed by atoms with van der Waals surface area (Å²) >= 11 is 0. The fourth-order valence-corrected chi connectivity index (χ4v) is 1.42. The Balaban J connectivity index is 2.31. The molecule has 0 aliphatic heterocycles. The molecule has 0 spiro atoms. The van der Waals surface area contributed by atoms with Crippen LogP contribution in [0.3, 0.4) is 0 Å². The quantitative estimate of drug-likeness (QED) is 0.650. The monoisotopic (exact) mass is 148 g/mol. The number of rotatable bonds is 1. The maximum absolute atomic E-state index is 5.73. The predicted octanol–water partition coefficient (Wildman–Crippen LogP) is 1.20. The number of nitrogens with two attached hydrogens (primary N) is 1. The molecule has 0 radical (unpaired) electrons. The molecule has 1 saturated carbocycles.